The van der Waals surface area contributed by atoms with Gasteiger partial charge in [0.25, 0.3) is 0 Å². The van der Waals surface area contributed by atoms with Gasteiger partial charge in [-0.3, -0.25) is 4.79 Å². The third kappa shape index (κ3) is 5.74. The smallest absolute Gasteiger partial charge is 0.221 e. The van der Waals surface area contributed by atoms with Gasteiger partial charge in [0.15, 0.2) is 0 Å². The molecule has 0 spiro atoms. The van der Waals surface area contributed by atoms with Crippen LogP contribution in [0.15, 0.2) is 0 Å². The third-order valence-corrected chi connectivity index (χ3v) is 3.48. The number of nitrogens with one attached hydrogen (secondary N) is 1. The van der Waals surface area contributed by atoms with Crippen molar-refractivity contribution in [1.82, 2.24) is 10.2 Å². The second kappa shape index (κ2) is 8.20. The molecule has 3 N–H and O–H groups in total. The number of rotatable bonds is 5. The van der Waals surface area contributed by atoms with Crippen LogP contribution in [-0.2, 0) is 4.79 Å². The predicted molar refractivity (Wildman–Crippen MR) is 78.5 cm³/mol. The molecule has 18 heavy (non-hydrogen) atoms. The minimum absolute atomic E-state index is 0. The summed E-state index contributed by atoms with van der Waals surface area (Å²) in [5.74, 6) is 0.748. The Kier molecular flexibility index (Phi) is 8.19. The largest absolute Gasteiger partial charge is 0.356 e. The van der Waals surface area contributed by atoms with Gasteiger partial charge >= 0.3 is 0 Å². The fourth-order valence-corrected chi connectivity index (χ4v) is 2.42. The van der Waals surface area contributed by atoms with Crippen molar-refractivity contribution in [2.45, 2.75) is 44.7 Å². The number of amides is 1. The first kappa shape index (κ1) is 18.0. The normalized spacial score (nSPS) is 24.9. The van der Waals surface area contributed by atoms with E-state index >= 15 is 0 Å². The molecule has 2 aliphatic rings. The Balaban J connectivity index is 0.00000144. The van der Waals surface area contributed by atoms with Crippen LogP contribution in [0.5, 0.6) is 0 Å². The van der Waals surface area contributed by atoms with E-state index in [1.54, 1.807) is 0 Å². The number of hydrogen-bond acceptors (Lipinski definition) is 3. The van der Waals surface area contributed by atoms with Gasteiger partial charge in [0, 0.05) is 31.6 Å². The molecule has 1 aliphatic heterocycles. The van der Waals surface area contributed by atoms with Gasteiger partial charge in [0.1, 0.15) is 0 Å². The number of nitrogens with zero attached hydrogens (tertiary/aromatic N) is 1. The number of hydrogen-bond donors (Lipinski definition) is 2. The van der Waals surface area contributed by atoms with Gasteiger partial charge < -0.3 is 16.0 Å². The van der Waals surface area contributed by atoms with Crippen molar-refractivity contribution in [1.29, 1.82) is 0 Å². The number of nitrogens with two attached hydrogens (primary N) is 1. The lowest BCUT2D eigenvalue weighted by molar-refractivity contribution is -0.121. The van der Waals surface area contributed by atoms with Crippen molar-refractivity contribution in [2.24, 2.45) is 11.7 Å². The highest BCUT2D eigenvalue weighted by Crippen LogP contribution is 2.31. The summed E-state index contributed by atoms with van der Waals surface area (Å²) in [6.07, 6.45) is 4.43. The van der Waals surface area contributed by atoms with E-state index in [9.17, 15) is 4.79 Å². The molecule has 0 radical (unpaired) electrons. The van der Waals surface area contributed by atoms with Crippen molar-refractivity contribution < 1.29 is 4.79 Å². The summed E-state index contributed by atoms with van der Waals surface area (Å²) in [6, 6.07) is 0.830. The summed E-state index contributed by atoms with van der Waals surface area (Å²) in [5, 5.41) is 2.99. The summed E-state index contributed by atoms with van der Waals surface area (Å²) in [6.45, 7) is 5.08. The highest BCUT2D eigenvalue weighted by atomic mass is 35.5. The number of carbonyl (C=O) groups is 1. The molecule has 1 aliphatic carbocycles. The van der Waals surface area contributed by atoms with Crippen LogP contribution < -0.4 is 11.1 Å². The molecule has 0 bridgehead atoms. The molecule has 0 aromatic rings. The summed E-state index contributed by atoms with van der Waals surface area (Å²) >= 11 is 0. The first-order chi connectivity index (χ1) is 7.65. The monoisotopic (exact) mass is 297 g/mol. The number of carbonyl (C=O) groups excluding carboxylic acids is 1. The summed E-state index contributed by atoms with van der Waals surface area (Å²) in [7, 11) is 0. The van der Waals surface area contributed by atoms with Gasteiger partial charge in [-0.05, 0) is 38.6 Å². The third-order valence-electron chi connectivity index (χ3n) is 3.48. The van der Waals surface area contributed by atoms with E-state index in [-0.39, 0.29) is 36.8 Å². The fraction of sp³-hybridized carbons (Fsp3) is 0.917. The molecule has 1 saturated carbocycles. The Bertz CT molecular complexity index is 260. The van der Waals surface area contributed by atoms with Crippen molar-refractivity contribution in [3.63, 3.8) is 0 Å². The summed E-state index contributed by atoms with van der Waals surface area (Å²) in [4.78, 5) is 14.0. The van der Waals surface area contributed by atoms with Crippen LogP contribution in [0.3, 0.4) is 0 Å². The quantitative estimate of drug-likeness (QED) is 0.801. The molecule has 1 heterocycles. The maximum atomic E-state index is 11.4. The Labute approximate surface area is 122 Å². The lowest BCUT2D eigenvalue weighted by Gasteiger charge is -2.15. The average molecular weight is 298 g/mol. The van der Waals surface area contributed by atoms with Crippen LogP contribution in [0.4, 0.5) is 0 Å². The van der Waals surface area contributed by atoms with Gasteiger partial charge in [0.2, 0.25) is 5.91 Å². The molecule has 2 rings (SSSR count). The van der Waals surface area contributed by atoms with E-state index < -0.39 is 0 Å². The van der Waals surface area contributed by atoms with E-state index in [0.717, 1.165) is 12.6 Å². The lowest BCUT2D eigenvalue weighted by atomic mass is 10.1. The molecular weight excluding hydrogens is 273 g/mol. The van der Waals surface area contributed by atoms with E-state index in [1.165, 1.54) is 32.4 Å². The van der Waals surface area contributed by atoms with Crippen LogP contribution >= 0.6 is 24.8 Å². The second-order valence-electron chi connectivity index (χ2n) is 5.37. The Morgan fingerprint density at radius 1 is 1.39 bits per heavy atom. The molecule has 2 fully saturated rings. The maximum absolute atomic E-state index is 11.4. The van der Waals surface area contributed by atoms with Gasteiger partial charge in [0.05, 0.1) is 0 Å². The van der Waals surface area contributed by atoms with E-state index in [0.29, 0.717) is 12.3 Å². The maximum Gasteiger partial charge on any atom is 0.221 e. The molecule has 108 valence electrons. The molecule has 2 atom stereocenters. The Morgan fingerprint density at radius 3 is 2.61 bits per heavy atom. The SMILES string of the molecule is CC(N)CC(=O)NCC1CCN(C2CC2)C1.Cl.Cl. The van der Waals surface area contributed by atoms with Gasteiger partial charge in [-0.25, -0.2) is 0 Å². The zero-order valence-electron chi connectivity index (χ0n) is 10.9. The van der Waals surface area contributed by atoms with E-state index in [2.05, 4.69) is 10.2 Å². The Morgan fingerprint density at radius 2 is 2.06 bits per heavy atom. The molecule has 2 unspecified atom stereocenters. The van der Waals surface area contributed by atoms with Crippen LogP contribution in [0.1, 0.15) is 32.6 Å². The first-order valence-corrected chi connectivity index (χ1v) is 6.41. The zero-order valence-corrected chi connectivity index (χ0v) is 12.6. The van der Waals surface area contributed by atoms with Gasteiger partial charge in [-0.15, -0.1) is 24.8 Å². The molecule has 0 aromatic heterocycles. The van der Waals surface area contributed by atoms with E-state index in [4.69, 9.17) is 5.73 Å². The number of halogens is 2. The minimum atomic E-state index is -0.0356. The molecule has 1 amide bonds. The molecule has 0 aromatic carbocycles. The van der Waals surface area contributed by atoms with Crippen molar-refractivity contribution in [2.75, 3.05) is 19.6 Å². The minimum Gasteiger partial charge on any atom is -0.356 e. The zero-order chi connectivity index (χ0) is 11.5. The molecular formula is C12H25Cl2N3O. The first-order valence-electron chi connectivity index (χ1n) is 6.41. The van der Waals surface area contributed by atoms with Crippen LogP contribution in [-0.4, -0.2) is 42.5 Å². The van der Waals surface area contributed by atoms with Crippen LogP contribution in [0, 0.1) is 5.92 Å². The topological polar surface area (TPSA) is 58.4 Å². The molecule has 1 saturated heterocycles. The fourth-order valence-electron chi connectivity index (χ4n) is 2.42. The standard InChI is InChI=1S/C12H23N3O.2ClH/c1-9(13)6-12(16)14-7-10-4-5-15(8-10)11-2-3-11;;/h9-11H,2-8,13H2,1H3,(H,14,16);2*1H. The second-order valence-corrected chi connectivity index (χ2v) is 5.37. The molecule has 4 nitrogen and oxygen atoms in total. The van der Waals surface area contributed by atoms with E-state index in [1.807, 2.05) is 6.92 Å². The lowest BCUT2D eigenvalue weighted by Crippen LogP contribution is -2.34. The number of likely N-dealkylation sites (tertiary alicyclic amines) is 1. The Hall–Kier alpha value is -0.0300. The molecule has 6 heteroatoms. The van der Waals surface area contributed by atoms with Crippen molar-refractivity contribution in [3.8, 4) is 0 Å². The average Bonchev–Trinajstić information content (AvgIpc) is 2.94. The predicted octanol–water partition coefficient (Wildman–Crippen LogP) is 1.17. The van der Waals surface area contributed by atoms with Crippen LogP contribution in [0.25, 0.3) is 0 Å². The van der Waals surface area contributed by atoms with Gasteiger partial charge in [-0.2, -0.15) is 0 Å². The van der Waals surface area contributed by atoms with Crippen molar-refractivity contribution >= 4 is 30.7 Å². The summed E-state index contributed by atoms with van der Waals surface area (Å²) in [5.41, 5.74) is 5.58. The van der Waals surface area contributed by atoms with Crippen LogP contribution in [0.2, 0.25) is 0 Å². The van der Waals surface area contributed by atoms with Crippen molar-refractivity contribution in [3.05, 3.63) is 0 Å². The van der Waals surface area contributed by atoms with Gasteiger partial charge in [-0.1, -0.05) is 0 Å². The highest BCUT2D eigenvalue weighted by Gasteiger charge is 2.34. The highest BCUT2D eigenvalue weighted by molar-refractivity contribution is 5.85. The summed E-state index contributed by atoms with van der Waals surface area (Å²) < 4.78 is 0.